The fourth-order valence-corrected chi connectivity index (χ4v) is 8.53. The van der Waals surface area contributed by atoms with Crippen molar-refractivity contribution in [2.75, 3.05) is 14.2 Å². The van der Waals surface area contributed by atoms with E-state index in [1.165, 1.54) is 46.3 Å². The molecule has 31 heavy (non-hydrogen) atoms. The van der Waals surface area contributed by atoms with Gasteiger partial charge in [0.2, 0.25) is 0 Å². The van der Waals surface area contributed by atoms with E-state index in [0.717, 1.165) is 32.1 Å². The Hall–Kier alpha value is -1.39. The van der Waals surface area contributed by atoms with E-state index in [2.05, 4.69) is 13.8 Å². The van der Waals surface area contributed by atoms with Crippen molar-refractivity contribution < 1.29 is 23.9 Å². The molecule has 4 fully saturated rings. The molecule has 0 heterocycles. The van der Waals surface area contributed by atoms with Crippen LogP contribution in [-0.4, -0.2) is 31.9 Å². The van der Waals surface area contributed by atoms with Crippen LogP contribution in [0.1, 0.15) is 84.5 Å². The first-order valence-electron chi connectivity index (χ1n) is 12.4. The number of ether oxygens (including phenoxy) is 2. The highest BCUT2D eigenvalue weighted by atomic mass is 16.5. The summed E-state index contributed by atoms with van der Waals surface area (Å²) in [5, 5.41) is 0. The number of carbonyl (C=O) groups is 3. The van der Waals surface area contributed by atoms with Gasteiger partial charge in [0, 0.05) is 12.3 Å². The number of esters is 2. The zero-order valence-electron chi connectivity index (χ0n) is 19.8. The highest BCUT2D eigenvalue weighted by Gasteiger charge is 2.62. The van der Waals surface area contributed by atoms with Crippen molar-refractivity contribution >= 4 is 17.7 Å². The number of ketones is 1. The fraction of sp³-hybridized carbons (Fsp3) is 0.885. The van der Waals surface area contributed by atoms with Crippen LogP contribution in [0, 0.1) is 46.3 Å². The van der Waals surface area contributed by atoms with Crippen LogP contribution in [0.15, 0.2) is 0 Å². The lowest BCUT2D eigenvalue weighted by atomic mass is 9.44. The van der Waals surface area contributed by atoms with Gasteiger partial charge >= 0.3 is 11.9 Å². The Morgan fingerprint density at radius 1 is 0.935 bits per heavy atom. The Morgan fingerprint density at radius 3 is 2.29 bits per heavy atom. The number of rotatable bonds is 5. The Labute approximate surface area is 187 Å². The number of fused-ring (bicyclic) bond motifs is 5. The van der Waals surface area contributed by atoms with Crippen LogP contribution in [0.3, 0.4) is 0 Å². The molecular formula is C26H40O5. The second kappa shape index (κ2) is 8.51. The SMILES string of the molecule is COC(=O)C(CCC1CCC2C3C(=O)C[C@@H]4CCCCC4(C)C3CC[C@]12C)C(=O)OC. The molecule has 0 aromatic carbocycles. The van der Waals surface area contributed by atoms with Gasteiger partial charge in [0.25, 0.3) is 0 Å². The lowest BCUT2D eigenvalue weighted by Crippen LogP contribution is -2.56. The van der Waals surface area contributed by atoms with E-state index >= 15 is 0 Å². The van der Waals surface area contributed by atoms with E-state index in [-0.39, 0.29) is 11.3 Å². The summed E-state index contributed by atoms with van der Waals surface area (Å²) in [6.45, 7) is 4.88. The van der Waals surface area contributed by atoms with Crippen LogP contribution in [0.2, 0.25) is 0 Å². The minimum Gasteiger partial charge on any atom is -0.468 e. The largest absolute Gasteiger partial charge is 0.468 e. The van der Waals surface area contributed by atoms with E-state index in [1.807, 2.05) is 0 Å². The molecule has 4 aliphatic carbocycles. The summed E-state index contributed by atoms with van der Waals surface area (Å²) in [5.41, 5.74) is 0.475. The maximum absolute atomic E-state index is 13.4. The Balaban J connectivity index is 1.50. The highest BCUT2D eigenvalue weighted by molar-refractivity contribution is 5.94. The number of hydrogen-bond acceptors (Lipinski definition) is 5. The molecule has 5 heteroatoms. The van der Waals surface area contributed by atoms with Crippen LogP contribution < -0.4 is 0 Å². The van der Waals surface area contributed by atoms with E-state index in [4.69, 9.17) is 9.47 Å². The molecule has 0 aromatic heterocycles. The van der Waals surface area contributed by atoms with Gasteiger partial charge in [-0.15, -0.1) is 0 Å². The second-order valence-electron chi connectivity index (χ2n) is 11.4. The molecule has 0 saturated heterocycles. The van der Waals surface area contributed by atoms with Crippen molar-refractivity contribution in [3.8, 4) is 0 Å². The predicted octanol–water partition coefficient (Wildman–Crippen LogP) is 4.96. The normalized spacial score (nSPS) is 41.8. The average molecular weight is 433 g/mol. The summed E-state index contributed by atoms with van der Waals surface area (Å²) in [5.74, 6) is 0.951. The lowest BCUT2D eigenvalue weighted by molar-refractivity contribution is -0.159. The zero-order valence-corrected chi connectivity index (χ0v) is 19.8. The monoisotopic (exact) mass is 432 g/mol. The van der Waals surface area contributed by atoms with Gasteiger partial charge in [-0.2, -0.15) is 0 Å². The highest BCUT2D eigenvalue weighted by Crippen LogP contribution is 2.67. The van der Waals surface area contributed by atoms with Crippen LogP contribution in [0.4, 0.5) is 0 Å². The molecule has 5 nitrogen and oxygen atoms in total. The quantitative estimate of drug-likeness (QED) is 0.454. The summed E-state index contributed by atoms with van der Waals surface area (Å²) in [7, 11) is 2.64. The molecule has 7 atom stereocenters. The van der Waals surface area contributed by atoms with Crippen LogP contribution in [0.25, 0.3) is 0 Å². The van der Waals surface area contributed by atoms with Crippen LogP contribution in [-0.2, 0) is 23.9 Å². The van der Waals surface area contributed by atoms with Crippen LogP contribution >= 0.6 is 0 Å². The minimum absolute atomic E-state index is 0.130. The van der Waals surface area contributed by atoms with E-state index < -0.39 is 17.9 Å². The molecule has 0 amide bonds. The minimum atomic E-state index is -0.841. The summed E-state index contributed by atoms with van der Waals surface area (Å²) in [6.07, 6.45) is 11.7. The topological polar surface area (TPSA) is 69.7 Å². The Kier molecular flexibility index (Phi) is 6.26. The maximum Gasteiger partial charge on any atom is 0.320 e. The molecule has 0 aliphatic heterocycles. The van der Waals surface area contributed by atoms with Crippen molar-refractivity contribution in [3.63, 3.8) is 0 Å². The Morgan fingerprint density at radius 2 is 1.61 bits per heavy atom. The number of methoxy groups -OCH3 is 2. The van der Waals surface area contributed by atoms with E-state index in [9.17, 15) is 14.4 Å². The van der Waals surface area contributed by atoms with Gasteiger partial charge in [-0.05, 0) is 85.9 Å². The number of hydrogen-bond donors (Lipinski definition) is 0. The molecule has 0 spiro atoms. The van der Waals surface area contributed by atoms with Gasteiger partial charge in [-0.3, -0.25) is 14.4 Å². The first-order valence-corrected chi connectivity index (χ1v) is 12.4. The van der Waals surface area contributed by atoms with E-state index in [1.54, 1.807) is 0 Å². The first-order chi connectivity index (χ1) is 14.8. The average Bonchev–Trinajstić information content (AvgIpc) is 3.10. The van der Waals surface area contributed by atoms with Gasteiger partial charge in [0.15, 0.2) is 5.92 Å². The summed E-state index contributed by atoms with van der Waals surface area (Å²) < 4.78 is 9.69. The predicted molar refractivity (Wildman–Crippen MR) is 117 cm³/mol. The Bertz CT molecular complexity index is 715. The third-order valence-corrected chi connectivity index (χ3v) is 10.4. The molecule has 0 bridgehead atoms. The van der Waals surface area contributed by atoms with Crippen molar-refractivity contribution in [3.05, 3.63) is 0 Å². The molecule has 0 aromatic rings. The molecule has 4 rings (SSSR count). The van der Waals surface area contributed by atoms with Crippen LogP contribution in [0.5, 0.6) is 0 Å². The van der Waals surface area contributed by atoms with Gasteiger partial charge in [-0.1, -0.05) is 26.7 Å². The standard InChI is InChI=1S/C26H40O5/c1-25-13-6-5-7-17(25)15-21(27)22-19-11-9-16(26(19,2)14-12-20(22)25)8-10-18(23(28)30-3)24(29)31-4/h16-20,22H,5-15H2,1-4H3/t16?,17-,19?,20?,22?,25?,26+/m0/s1. The molecule has 5 unspecified atom stereocenters. The van der Waals surface area contributed by atoms with Gasteiger partial charge in [0.1, 0.15) is 5.78 Å². The van der Waals surface area contributed by atoms with Crippen molar-refractivity contribution in [2.24, 2.45) is 46.3 Å². The molecule has 0 N–H and O–H groups in total. The molecular weight excluding hydrogens is 392 g/mol. The van der Waals surface area contributed by atoms with Gasteiger partial charge in [0.05, 0.1) is 14.2 Å². The van der Waals surface area contributed by atoms with Gasteiger partial charge in [-0.25, -0.2) is 0 Å². The van der Waals surface area contributed by atoms with Gasteiger partial charge < -0.3 is 9.47 Å². The third kappa shape index (κ3) is 3.64. The number of Topliss-reactive ketones (excluding diaryl/α,β-unsaturated/α-hetero) is 1. The maximum atomic E-state index is 13.4. The fourth-order valence-electron chi connectivity index (χ4n) is 8.53. The van der Waals surface area contributed by atoms with Crippen molar-refractivity contribution in [1.29, 1.82) is 0 Å². The van der Waals surface area contributed by atoms with Crippen molar-refractivity contribution in [1.82, 2.24) is 0 Å². The summed E-state index contributed by atoms with van der Waals surface area (Å²) in [4.78, 5) is 37.6. The molecule has 4 aliphatic rings. The zero-order chi connectivity index (χ0) is 22.4. The van der Waals surface area contributed by atoms with E-state index in [0.29, 0.717) is 41.3 Å². The molecule has 0 radical (unpaired) electrons. The number of carbonyl (C=O) groups excluding carboxylic acids is 3. The molecule has 174 valence electrons. The first kappa shape index (κ1) is 22.8. The third-order valence-electron chi connectivity index (χ3n) is 10.4. The summed E-state index contributed by atoms with van der Waals surface area (Å²) >= 11 is 0. The molecule has 4 saturated carbocycles. The second-order valence-corrected chi connectivity index (χ2v) is 11.4. The lowest BCUT2D eigenvalue weighted by Gasteiger charge is -2.59. The smallest absolute Gasteiger partial charge is 0.320 e. The van der Waals surface area contributed by atoms with Crippen molar-refractivity contribution in [2.45, 2.75) is 84.5 Å². The summed E-state index contributed by atoms with van der Waals surface area (Å²) in [6, 6.07) is 0.